The van der Waals surface area contributed by atoms with Gasteiger partial charge in [-0.3, -0.25) is 4.90 Å². The molecule has 0 bridgehead atoms. The third kappa shape index (κ3) is 4.23. The summed E-state index contributed by atoms with van der Waals surface area (Å²) in [6.45, 7) is 8.81. The van der Waals surface area contributed by atoms with E-state index in [9.17, 15) is 0 Å². The van der Waals surface area contributed by atoms with E-state index in [1.54, 1.807) is 0 Å². The fourth-order valence-corrected chi connectivity index (χ4v) is 3.82. The number of nitrogens with one attached hydrogen (secondary N) is 1. The average molecular weight is 373 g/mol. The first-order valence-electron chi connectivity index (χ1n) is 8.42. The van der Waals surface area contributed by atoms with E-state index in [0.29, 0.717) is 6.04 Å². The number of benzene rings is 2. The Kier molecular flexibility index (Phi) is 5.52. The van der Waals surface area contributed by atoms with Gasteiger partial charge in [-0.25, -0.2) is 0 Å². The van der Waals surface area contributed by atoms with Crippen molar-refractivity contribution in [2.75, 3.05) is 26.2 Å². The second kappa shape index (κ2) is 7.61. The molecule has 23 heavy (non-hydrogen) atoms. The smallest absolute Gasteiger partial charge is 0.0602 e. The third-order valence-corrected chi connectivity index (χ3v) is 5.01. The van der Waals surface area contributed by atoms with Gasteiger partial charge in [0, 0.05) is 24.1 Å². The van der Waals surface area contributed by atoms with Gasteiger partial charge in [0.25, 0.3) is 0 Å². The molecule has 0 aromatic heterocycles. The van der Waals surface area contributed by atoms with Crippen molar-refractivity contribution in [3.8, 4) is 0 Å². The second-order valence-corrected chi connectivity index (χ2v) is 7.43. The van der Waals surface area contributed by atoms with Crippen molar-refractivity contribution in [3.63, 3.8) is 0 Å². The zero-order valence-corrected chi connectivity index (χ0v) is 15.6. The van der Waals surface area contributed by atoms with E-state index in [0.717, 1.165) is 30.7 Å². The summed E-state index contributed by atoms with van der Waals surface area (Å²) in [6, 6.07) is 16.1. The number of aryl methyl sites for hydroxylation is 2. The number of hydrogen-bond acceptors (Lipinski definition) is 2. The van der Waals surface area contributed by atoms with E-state index in [1.807, 2.05) is 0 Å². The molecular weight excluding hydrogens is 348 g/mol. The standard InChI is InChI=1S/C20H25BrN2/c1-15-12-16(2)14-18(13-15)20(17-4-6-19(21)7-5-17)23-10-3-8-22-9-11-23/h4-7,12-14,20,22H,3,8-11H2,1-2H3. The largest absolute Gasteiger partial charge is 0.315 e. The fraction of sp³-hybridized carbons (Fsp3) is 0.400. The van der Waals surface area contributed by atoms with Gasteiger partial charge in [-0.05, 0) is 50.1 Å². The lowest BCUT2D eigenvalue weighted by atomic mass is 9.94. The fourth-order valence-electron chi connectivity index (χ4n) is 3.55. The molecule has 3 rings (SSSR count). The van der Waals surface area contributed by atoms with Crippen LogP contribution in [0.15, 0.2) is 46.9 Å². The number of rotatable bonds is 3. The highest BCUT2D eigenvalue weighted by Gasteiger charge is 2.23. The van der Waals surface area contributed by atoms with Gasteiger partial charge < -0.3 is 5.32 Å². The van der Waals surface area contributed by atoms with Crippen LogP contribution in [-0.4, -0.2) is 31.1 Å². The van der Waals surface area contributed by atoms with Crippen molar-refractivity contribution in [1.82, 2.24) is 10.2 Å². The average Bonchev–Trinajstić information content (AvgIpc) is 2.78. The van der Waals surface area contributed by atoms with Gasteiger partial charge in [-0.15, -0.1) is 0 Å². The molecule has 0 saturated carbocycles. The number of hydrogen-bond donors (Lipinski definition) is 1. The first kappa shape index (κ1) is 16.7. The van der Waals surface area contributed by atoms with Crippen LogP contribution in [0.25, 0.3) is 0 Å². The lowest BCUT2D eigenvalue weighted by molar-refractivity contribution is 0.241. The molecule has 1 N–H and O–H groups in total. The summed E-state index contributed by atoms with van der Waals surface area (Å²) >= 11 is 3.56. The van der Waals surface area contributed by atoms with Crippen LogP contribution in [0.5, 0.6) is 0 Å². The van der Waals surface area contributed by atoms with Crippen LogP contribution in [-0.2, 0) is 0 Å². The maximum absolute atomic E-state index is 3.56. The predicted molar refractivity (Wildman–Crippen MR) is 101 cm³/mol. The van der Waals surface area contributed by atoms with Crippen LogP contribution in [0.2, 0.25) is 0 Å². The minimum absolute atomic E-state index is 0.335. The first-order chi connectivity index (χ1) is 11.1. The molecule has 0 radical (unpaired) electrons. The van der Waals surface area contributed by atoms with Gasteiger partial charge >= 0.3 is 0 Å². The monoisotopic (exact) mass is 372 g/mol. The van der Waals surface area contributed by atoms with Gasteiger partial charge in [-0.1, -0.05) is 57.4 Å². The Hall–Kier alpha value is -1.16. The molecule has 0 spiro atoms. The summed E-state index contributed by atoms with van der Waals surface area (Å²) in [6.07, 6.45) is 1.21. The van der Waals surface area contributed by atoms with Crippen molar-refractivity contribution >= 4 is 15.9 Å². The summed E-state index contributed by atoms with van der Waals surface area (Å²) in [5, 5.41) is 3.52. The summed E-state index contributed by atoms with van der Waals surface area (Å²) in [5.41, 5.74) is 5.47. The summed E-state index contributed by atoms with van der Waals surface area (Å²) < 4.78 is 1.14. The topological polar surface area (TPSA) is 15.3 Å². The van der Waals surface area contributed by atoms with Crippen molar-refractivity contribution in [1.29, 1.82) is 0 Å². The Morgan fingerprint density at radius 1 is 0.913 bits per heavy atom. The molecule has 0 amide bonds. The molecule has 1 unspecified atom stereocenters. The molecule has 1 heterocycles. The normalized spacial score (nSPS) is 17.7. The molecule has 0 aliphatic carbocycles. The zero-order chi connectivity index (χ0) is 16.2. The van der Waals surface area contributed by atoms with Gasteiger partial charge in [0.05, 0.1) is 6.04 Å². The molecular formula is C20H25BrN2. The SMILES string of the molecule is Cc1cc(C)cc(C(c2ccc(Br)cc2)N2CCCNCC2)c1. The minimum Gasteiger partial charge on any atom is -0.315 e. The molecule has 3 heteroatoms. The Bertz CT molecular complexity index is 623. The quantitative estimate of drug-likeness (QED) is 0.855. The zero-order valence-electron chi connectivity index (χ0n) is 14.0. The first-order valence-corrected chi connectivity index (χ1v) is 9.21. The summed E-state index contributed by atoms with van der Waals surface area (Å²) in [4.78, 5) is 2.62. The molecule has 122 valence electrons. The highest BCUT2D eigenvalue weighted by atomic mass is 79.9. The van der Waals surface area contributed by atoms with Crippen LogP contribution >= 0.6 is 15.9 Å². The number of nitrogens with zero attached hydrogens (tertiary/aromatic N) is 1. The van der Waals surface area contributed by atoms with Crippen LogP contribution in [0.3, 0.4) is 0 Å². The molecule has 1 fully saturated rings. The summed E-state index contributed by atoms with van der Waals surface area (Å²) in [5.74, 6) is 0. The van der Waals surface area contributed by atoms with Crippen molar-refractivity contribution < 1.29 is 0 Å². The Morgan fingerprint density at radius 2 is 1.61 bits per heavy atom. The van der Waals surface area contributed by atoms with Gasteiger partial charge in [0.15, 0.2) is 0 Å². The maximum atomic E-state index is 3.56. The highest BCUT2D eigenvalue weighted by Crippen LogP contribution is 2.31. The van der Waals surface area contributed by atoms with Crippen molar-refractivity contribution in [2.45, 2.75) is 26.3 Å². The second-order valence-electron chi connectivity index (χ2n) is 6.51. The molecule has 2 nitrogen and oxygen atoms in total. The maximum Gasteiger partial charge on any atom is 0.0602 e. The molecule has 1 aliphatic heterocycles. The van der Waals surface area contributed by atoms with Gasteiger partial charge in [0.2, 0.25) is 0 Å². The lowest BCUT2D eigenvalue weighted by Crippen LogP contribution is -2.33. The van der Waals surface area contributed by atoms with E-state index < -0.39 is 0 Å². The molecule has 2 aromatic carbocycles. The predicted octanol–water partition coefficient (Wildman–Crippen LogP) is 4.45. The number of halogens is 1. The summed E-state index contributed by atoms with van der Waals surface area (Å²) in [7, 11) is 0. The highest BCUT2D eigenvalue weighted by molar-refractivity contribution is 9.10. The van der Waals surface area contributed by atoms with Gasteiger partial charge in [-0.2, -0.15) is 0 Å². The molecule has 1 saturated heterocycles. The van der Waals surface area contributed by atoms with E-state index in [1.165, 1.54) is 28.7 Å². The van der Waals surface area contributed by atoms with Crippen LogP contribution in [0, 0.1) is 13.8 Å². The lowest BCUT2D eigenvalue weighted by Gasteiger charge is -2.32. The Morgan fingerprint density at radius 3 is 2.30 bits per heavy atom. The minimum atomic E-state index is 0.335. The Balaban J connectivity index is 2.02. The third-order valence-electron chi connectivity index (χ3n) is 4.49. The van der Waals surface area contributed by atoms with E-state index in [4.69, 9.17) is 0 Å². The van der Waals surface area contributed by atoms with E-state index >= 15 is 0 Å². The van der Waals surface area contributed by atoms with Crippen molar-refractivity contribution in [3.05, 3.63) is 69.2 Å². The van der Waals surface area contributed by atoms with E-state index in [2.05, 4.69) is 82.5 Å². The molecule has 2 aromatic rings. The van der Waals surface area contributed by atoms with Crippen LogP contribution in [0.4, 0.5) is 0 Å². The van der Waals surface area contributed by atoms with E-state index in [-0.39, 0.29) is 0 Å². The van der Waals surface area contributed by atoms with Crippen LogP contribution < -0.4 is 5.32 Å². The Labute approximate surface area is 148 Å². The molecule has 1 atom stereocenters. The van der Waals surface area contributed by atoms with Crippen molar-refractivity contribution in [2.24, 2.45) is 0 Å². The van der Waals surface area contributed by atoms with Gasteiger partial charge in [0.1, 0.15) is 0 Å². The molecule has 1 aliphatic rings. The van der Waals surface area contributed by atoms with Crippen LogP contribution in [0.1, 0.15) is 34.7 Å².